The van der Waals surface area contributed by atoms with Gasteiger partial charge in [0.05, 0.1) is 17.3 Å². The average Bonchev–Trinajstić information content (AvgIpc) is 2.50. The third-order valence-corrected chi connectivity index (χ3v) is 3.74. The van der Waals surface area contributed by atoms with Crippen LogP contribution in [0.2, 0.25) is 10.3 Å². The first-order chi connectivity index (χ1) is 10.5. The van der Waals surface area contributed by atoms with Crippen LogP contribution in [0.4, 0.5) is 0 Å². The molecule has 0 aliphatic heterocycles. The molecule has 2 rings (SSSR count). The van der Waals surface area contributed by atoms with Gasteiger partial charge in [-0.3, -0.25) is 0 Å². The third kappa shape index (κ3) is 4.19. The minimum atomic E-state index is -0.579. The zero-order chi connectivity index (χ0) is 16.1. The van der Waals surface area contributed by atoms with Crippen molar-refractivity contribution in [3.8, 4) is 0 Å². The molecule has 0 saturated heterocycles. The number of nitrogens with zero attached hydrogens (tertiary/aromatic N) is 3. The summed E-state index contributed by atoms with van der Waals surface area (Å²) in [7, 11) is 0. The van der Waals surface area contributed by atoms with E-state index in [1.54, 1.807) is 18.4 Å². The van der Waals surface area contributed by atoms with E-state index in [4.69, 9.17) is 28.0 Å². The molecule has 0 atom stereocenters. The lowest BCUT2D eigenvalue weighted by Crippen LogP contribution is -2.02. The van der Waals surface area contributed by atoms with E-state index in [-0.39, 0.29) is 15.9 Å². The van der Waals surface area contributed by atoms with Gasteiger partial charge in [-0.2, -0.15) is 0 Å². The molecule has 5 nitrogen and oxygen atoms in total. The minimum absolute atomic E-state index is 0.138. The Morgan fingerprint density at radius 1 is 1.23 bits per heavy atom. The van der Waals surface area contributed by atoms with Crippen molar-refractivity contribution < 1.29 is 9.63 Å². The number of aryl methyl sites for hydroxylation is 1. The molecule has 0 amide bonds. The molecule has 1 aromatic carbocycles. The Balaban J connectivity index is 2.09. The first-order valence-corrected chi connectivity index (χ1v) is 8.07. The Morgan fingerprint density at radius 2 is 1.82 bits per heavy atom. The number of rotatable bonds is 4. The smallest absolute Gasteiger partial charge is 0.313 e. The zero-order valence-corrected chi connectivity index (χ0v) is 14.0. The van der Waals surface area contributed by atoms with Gasteiger partial charge in [0.25, 0.3) is 0 Å². The standard InChI is InChI=1S/C14H11Cl2N3O2S/c1-8-3-5-9(6-4-8)13(20)21-17-7-10-11(15)18-14(22-2)19-12(10)16/h3-7H,1-2H3/b17-7+. The quantitative estimate of drug-likeness (QED) is 0.207. The van der Waals surface area contributed by atoms with Crippen molar-refractivity contribution in [3.05, 3.63) is 51.3 Å². The number of carbonyl (C=O) groups excluding carboxylic acids is 1. The van der Waals surface area contributed by atoms with E-state index < -0.39 is 5.97 Å². The van der Waals surface area contributed by atoms with Crippen molar-refractivity contribution in [2.75, 3.05) is 6.26 Å². The highest BCUT2D eigenvalue weighted by molar-refractivity contribution is 7.98. The van der Waals surface area contributed by atoms with Crippen molar-refractivity contribution in [1.82, 2.24) is 9.97 Å². The van der Waals surface area contributed by atoms with Crippen LogP contribution in [0.3, 0.4) is 0 Å². The van der Waals surface area contributed by atoms with Gasteiger partial charge in [0.15, 0.2) is 5.16 Å². The molecule has 0 N–H and O–H groups in total. The van der Waals surface area contributed by atoms with Gasteiger partial charge >= 0.3 is 5.97 Å². The van der Waals surface area contributed by atoms with Gasteiger partial charge in [0.1, 0.15) is 10.3 Å². The fraction of sp³-hybridized carbons (Fsp3) is 0.143. The summed E-state index contributed by atoms with van der Waals surface area (Å²) >= 11 is 13.3. The second kappa shape index (κ2) is 7.58. The van der Waals surface area contributed by atoms with Crippen LogP contribution in [0.5, 0.6) is 0 Å². The topological polar surface area (TPSA) is 64.4 Å². The molecule has 1 aromatic heterocycles. The van der Waals surface area contributed by atoms with E-state index in [0.29, 0.717) is 10.7 Å². The minimum Gasteiger partial charge on any atom is -0.313 e. The van der Waals surface area contributed by atoms with Gasteiger partial charge in [-0.05, 0) is 25.3 Å². The maximum Gasteiger partial charge on any atom is 0.365 e. The van der Waals surface area contributed by atoms with Gasteiger partial charge in [-0.25, -0.2) is 14.8 Å². The van der Waals surface area contributed by atoms with Gasteiger partial charge < -0.3 is 4.84 Å². The van der Waals surface area contributed by atoms with Crippen molar-refractivity contribution >= 4 is 47.1 Å². The van der Waals surface area contributed by atoms with Gasteiger partial charge in [0, 0.05) is 0 Å². The number of halogens is 2. The van der Waals surface area contributed by atoms with Crippen LogP contribution in [0.15, 0.2) is 34.6 Å². The second-order valence-electron chi connectivity index (χ2n) is 4.18. The molecule has 114 valence electrons. The number of oxime groups is 1. The molecule has 0 radical (unpaired) electrons. The molecule has 2 aromatic rings. The van der Waals surface area contributed by atoms with Crippen LogP contribution in [0.1, 0.15) is 21.5 Å². The Morgan fingerprint density at radius 3 is 2.36 bits per heavy atom. The molecule has 0 saturated carbocycles. The molecule has 1 heterocycles. The SMILES string of the molecule is CSc1nc(Cl)c(/C=N/OC(=O)c2ccc(C)cc2)c(Cl)n1. The molecular formula is C14H11Cl2N3O2S. The number of hydrogen-bond donors (Lipinski definition) is 0. The summed E-state index contributed by atoms with van der Waals surface area (Å²) in [6.07, 6.45) is 3.01. The molecule has 0 unspecified atom stereocenters. The highest BCUT2D eigenvalue weighted by atomic mass is 35.5. The predicted octanol–water partition coefficient (Wildman–Crippen LogP) is 4.00. The van der Waals surface area contributed by atoms with Crippen LogP contribution < -0.4 is 0 Å². The number of carbonyl (C=O) groups is 1. The van der Waals surface area contributed by atoms with E-state index in [0.717, 1.165) is 5.56 Å². The maximum absolute atomic E-state index is 11.8. The van der Waals surface area contributed by atoms with Crippen molar-refractivity contribution in [2.24, 2.45) is 5.16 Å². The third-order valence-electron chi connectivity index (χ3n) is 2.62. The first kappa shape index (κ1) is 16.7. The summed E-state index contributed by atoms with van der Waals surface area (Å²) in [5, 5.41) is 4.31. The molecule has 8 heteroatoms. The van der Waals surface area contributed by atoms with Crippen molar-refractivity contribution in [1.29, 1.82) is 0 Å². The summed E-state index contributed by atoms with van der Waals surface area (Å²) in [6, 6.07) is 6.93. The van der Waals surface area contributed by atoms with Gasteiger partial charge in [-0.1, -0.05) is 57.8 Å². The molecule has 22 heavy (non-hydrogen) atoms. The van der Waals surface area contributed by atoms with E-state index in [9.17, 15) is 4.79 Å². The van der Waals surface area contributed by atoms with Crippen LogP contribution in [-0.2, 0) is 4.84 Å². The first-order valence-electron chi connectivity index (χ1n) is 6.09. The van der Waals surface area contributed by atoms with Crippen molar-refractivity contribution in [2.45, 2.75) is 12.1 Å². The lowest BCUT2D eigenvalue weighted by molar-refractivity contribution is 0.0519. The van der Waals surface area contributed by atoms with Gasteiger partial charge in [-0.15, -0.1) is 0 Å². The Labute approximate surface area is 141 Å². The Bertz CT molecular complexity index is 698. The molecule has 0 aliphatic rings. The van der Waals surface area contributed by atoms with Crippen LogP contribution in [0.25, 0.3) is 0 Å². The average molecular weight is 356 g/mol. The fourth-order valence-electron chi connectivity index (χ4n) is 1.47. The number of thioether (sulfide) groups is 1. The van der Waals surface area contributed by atoms with E-state index in [2.05, 4.69) is 15.1 Å². The number of hydrogen-bond acceptors (Lipinski definition) is 6. The van der Waals surface area contributed by atoms with Crippen LogP contribution in [-0.4, -0.2) is 28.4 Å². The summed E-state index contributed by atoms with van der Waals surface area (Å²) in [4.78, 5) is 24.6. The molecule has 0 fully saturated rings. The molecule has 0 spiro atoms. The predicted molar refractivity (Wildman–Crippen MR) is 88.0 cm³/mol. The zero-order valence-electron chi connectivity index (χ0n) is 11.7. The normalized spacial score (nSPS) is 10.9. The Hall–Kier alpha value is -1.63. The van der Waals surface area contributed by atoms with Gasteiger partial charge in [0.2, 0.25) is 0 Å². The summed E-state index contributed by atoms with van der Waals surface area (Å²) in [5.74, 6) is -0.579. The largest absolute Gasteiger partial charge is 0.365 e. The summed E-state index contributed by atoms with van der Waals surface area (Å²) < 4.78 is 0. The van der Waals surface area contributed by atoms with E-state index in [1.807, 2.05) is 19.1 Å². The maximum atomic E-state index is 11.8. The number of benzene rings is 1. The lowest BCUT2D eigenvalue weighted by atomic mass is 10.2. The summed E-state index contributed by atoms with van der Waals surface area (Å²) in [5.41, 5.74) is 1.73. The van der Waals surface area contributed by atoms with Crippen LogP contribution >= 0.6 is 35.0 Å². The second-order valence-corrected chi connectivity index (χ2v) is 5.67. The van der Waals surface area contributed by atoms with E-state index >= 15 is 0 Å². The highest BCUT2D eigenvalue weighted by Crippen LogP contribution is 2.22. The Kier molecular flexibility index (Phi) is 5.76. The van der Waals surface area contributed by atoms with E-state index in [1.165, 1.54) is 18.0 Å². The molecular weight excluding hydrogens is 345 g/mol. The lowest BCUT2D eigenvalue weighted by Gasteiger charge is -2.02. The van der Waals surface area contributed by atoms with Crippen molar-refractivity contribution in [3.63, 3.8) is 0 Å². The highest BCUT2D eigenvalue weighted by Gasteiger charge is 2.10. The molecule has 0 bridgehead atoms. The summed E-state index contributed by atoms with van der Waals surface area (Å²) in [6.45, 7) is 1.93. The fourth-order valence-corrected chi connectivity index (χ4v) is 2.42. The monoisotopic (exact) mass is 355 g/mol. The number of aromatic nitrogens is 2. The molecule has 0 aliphatic carbocycles. The van der Waals surface area contributed by atoms with Crippen LogP contribution in [0, 0.1) is 6.92 Å².